The summed E-state index contributed by atoms with van der Waals surface area (Å²) in [5.74, 6) is -0.204. The van der Waals surface area contributed by atoms with E-state index in [-0.39, 0.29) is 36.9 Å². The van der Waals surface area contributed by atoms with Crippen LogP contribution in [0, 0.1) is 0 Å². The van der Waals surface area contributed by atoms with Crippen molar-refractivity contribution in [2.24, 2.45) is 0 Å². The van der Waals surface area contributed by atoms with Crippen LogP contribution in [0.2, 0.25) is 8.67 Å². The minimum Gasteiger partial charge on any atom is -0.344 e. The topological polar surface area (TPSA) is 49.4 Å². The Labute approximate surface area is 138 Å². The van der Waals surface area contributed by atoms with E-state index < -0.39 is 0 Å². The van der Waals surface area contributed by atoms with Gasteiger partial charge >= 0.3 is 0 Å². The van der Waals surface area contributed by atoms with Crippen molar-refractivity contribution in [2.75, 3.05) is 27.2 Å². The molecule has 0 aromatic carbocycles. The Morgan fingerprint density at radius 1 is 1.35 bits per heavy atom. The second kappa shape index (κ2) is 9.58. The molecule has 1 aromatic heterocycles. The van der Waals surface area contributed by atoms with Crippen LogP contribution in [0.15, 0.2) is 6.07 Å². The zero-order valence-corrected chi connectivity index (χ0v) is 14.4. The van der Waals surface area contributed by atoms with Gasteiger partial charge in [0.2, 0.25) is 5.91 Å². The molecular weight excluding hydrogens is 343 g/mol. The molecule has 0 fully saturated rings. The van der Waals surface area contributed by atoms with Gasteiger partial charge in [0.25, 0.3) is 0 Å². The largest absolute Gasteiger partial charge is 0.344 e. The second-order valence-corrected chi connectivity index (χ2v) is 6.37. The van der Waals surface area contributed by atoms with E-state index in [0.29, 0.717) is 20.8 Å². The molecule has 0 saturated heterocycles. The van der Waals surface area contributed by atoms with Crippen molar-refractivity contribution in [2.45, 2.75) is 12.8 Å². The second-order valence-electron chi connectivity index (χ2n) is 4.08. The number of Topliss-reactive ketones (excluding diaryl/α,β-unsaturated/α-hetero) is 1. The first-order valence-corrected chi connectivity index (χ1v) is 7.39. The molecule has 1 aromatic rings. The van der Waals surface area contributed by atoms with Crippen molar-refractivity contribution in [1.29, 1.82) is 0 Å². The molecule has 8 heteroatoms. The summed E-state index contributed by atoms with van der Waals surface area (Å²) in [5, 5.41) is 2.96. The first-order chi connectivity index (χ1) is 8.95. The number of halogens is 3. The quantitative estimate of drug-likeness (QED) is 0.761. The average Bonchev–Trinajstić information content (AvgIpc) is 2.71. The Morgan fingerprint density at radius 3 is 2.50 bits per heavy atom. The fraction of sp³-hybridized carbons (Fsp3) is 0.500. The van der Waals surface area contributed by atoms with Crippen LogP contribution in [0.1, 0.15) is 23.2 Å². The number of rotatable bonds is 7. The summed E-state index contributed by atoms with van der Waals surface area (Å²) in [4.78, 5) is 25.3. The lowest BCUT2D eigenvalue weighted by Gasteiger charge is -2.16. The first-order valence-electron chi connectivity index (χ1n) is 5.82. The molecule has 0 aliphatic rings. The number of carbonyl (C=O) groups is 2. The molecule has 1 heterocycles. The minimum atomic E-state index is -0.150. The van der Waals surface area contributed by atoms with Crippen molar-refractivity contribution in [1.82, 2.24) is 10.2 Å². The first kappa shape index (κ1) is 19.7. The normalized spacial score (nSPS) is 10.0. The van der Waals surface area contributed by atoms with Crippen LogP contribution in [-0.2, 0) is 4.79 Å². The number of ketones is 1. The molecule has 1 amide bonds. The van der Waals surface area contributed by atoms with Gasteiger partial charge in [0.1, 0.15) is 4.34 Å². The van der Waals surface area contributed by atoms with Gasteiger partial charge in [0, 0.05) is 38.5 Å². The molecule has 0 aliphatic heterocycles. The molecule has 0 saturated carbocycles. The van der Waals surface area contributed by atoms with Gasteiger partial charge in [-0.2, -0.15) is 0 Å². The fourth-order valence-corrected chi connectivity index (χ4v) is 2.98. The molecule has 114 valence electrons. The van der Waals surface area contributed by atoms with Crippen LogP contribution in [0.25, 0.3) is 0 Å². The molecule has 20 heavy (non-hydrogen) atoms. The van der Waals surface area contributed by atoms with Gasteiger partial charge in [-0.1, -0.05) is 23.2 Å². The Hall–Kier alpha value is -0.330. The van der Waals surface area contributed by atoms with Crippen molar-refractivity contribution >= 4 is 58.6 Å². The maximum atomic E-state index is 11.9. The highest BCUT2D eigenvalue weighted by Gasteiger charge is 2.16. The standard InChI is InChI=1S/C12H16Cl2N2O2S.ClH/c1-15-5-6-16(2)11(18)4-3-9(17)8-7-10(13)19-12(8)14;/h7,15H,3-6H2,1-2H3;1H. The lowest BCUT2D eigenvalue weighted by molar-refractivity contribution is -0.129. The van der Waals surface area contributed by atoms with Crippen molar-refractivity contribution < 1.29 is 9.59 Å². The SMILES string of the molecule is CNCCN(C)C(=O)CCC(=O)c1cc(Cl)sc1Cl.Cl. The third-order valence-electron chi connectivity index (χ3n) is 2.65. The van der Waals surface area contributed by atoms with E-state index in [2.05, 4.69) is 5.32 Å². The maximum Gasteiger partial charge on any atom is 0.222 e. The number of amides is 1. The highest BCUT2D eigenvalue weighted by Crippen LogP contribution is 2.32. The Morgan fingerprint density at radius 2 is 2.00 bits per heavy atom. The molecule has 1 rings (SSSR count). The summed E-state index contributed by atoms with van der Waals surface area (Å²) in [6.07, 6.45) is 0.332. The van der Waals surface area contributed by atoms with Gasteiger partial charge in [-0.05, 0) is 13.1 Å². The van der Waals surface area contributed by atoms with E-state index in [4.69, 9.17) is 23.2 Å². The van der Waals surface area contributed by atoms with Gasteiger partial charge in [0.05, 0.1) is 4.34 Å². The van der Waals surface area contributed by atoms with E-state index in [1.165, 1.54) is 0 Å². The predicted molar refractivity (Wildman–Crippen MR) is 86.7 cm³/mol. The van der Waals surface area contributed by atoms with Gasteiger partial charge in [0.15, 0.2) is 5.78 Å². The maximum absolute atomic E-state index is 11.9. The number of hydrogen-bond donors (Lipinski definition) is 1. The summed E-state index contributed by atoms with van der Waals surface area (Å²) < 4.78 is 0.858. The van der Waals surface area contributed by atoms with E-state index in [1.807, 2.05) is 7.05 Å². The van der Waals surface area contributed by atoms with E-state index >= 15 is 0 Å². The van der Waals surface area contributed by atoms with Crippen LogP contribution >= 0.6 is 46.9 Å². The number of nitrogens with zero attached hydrogens (tertiary/aromatic N) is 1. The van der Waals surface area contributed by atoms with E-state index in [9.17, 15) is 9.59 Å². The van der Waals surface area contributed by atoms with E-state index in [0.717, 1.165) is 17.9 Å². The Kier molecular flexibility index (Phi) is 9.42. The summed E-state index contributed by atoms with van der Waals surface area (Å²) >= 11 is 12.8. The average molecular weight is 360 g/mol. The van der Waals surface area contributed by atoms with Gasteiger partial charge < -0.3 is 10.2 Å². The molecule has 0 atom stereocenters. The number of hydrogen-bond acceptors (Lipinski definition) is 4. The number of nitrogens with one attached hydrogen (secondary N) is 1. The highest BCUT2D eigenvalue weighted by molar-refractivity contribution is 7.20. The van der Waals surface area contributed by atoms with Gasteiger partial charge in [-0.15, -0.1) is 23.7 Å². The molecule has 0 radical (unpaired) electrons. The summed E-state index contributed by atoms with van der Waals surface area (Å²) in [7, 11) is 3.54. The van der Waals surface area contributed by atoms with E-state index in [1.54, 1.807) is 18.0 Å². The van der Waals surface area contributed by atoms with Gasteiger partial charge in [-0.25, -0.2) is 0 Å². The molecule has 0 unspecified atom stereocenters. The molecule has 0 spiro atoms. The highest BCUT2D eigenvalue weighted by atomic mass is 35.5. The van der Waals surface area contributed by atoms with Crippen LogP contribution in [0.5, 0.6) is 0 Å². The fourth-order valence-electron chi connectivity index (χ4n) is 1.48. The lowest BCUT2D eigenvalue weighted by Crippen LogP contribution is -2.32. The van der Waals surface area contributed by atoms with Crippen molar-refractivity contribution in [3.05, 3.63) is 20.3 Å². The number of thiophene rings is 1. The van der Waals surface area contributed by atoms with Crippen LogP contribution in [-0.4, -0.2) is 43.8 Å². The van der Waals surface area contributed by atoms with Crippen LogP contribution in [0.4, 0.5) is 0 Å². The van der Waals surface area contributed by atoms with Crippen molar-refractivity contribution in [3.8, 4) is 0 Å². The predicted octanol–water partition coefficient (Wildman–Crippen LogP) is 3.12. The third kappa shape index (κ3) is 5.97. The molecular formula is C12H17Cl3N2O2S. The molecule has 4 nitrogen and oxygen atoms in total. The van der Waals surface area contributed by atoms with Crippen LogP contribution < -0.4 is 5.32 Å². The van der Waals surface area contributed by atoms with Crippen LogP contribution in [0.3, 0.4) is 0 Å². The summed E-state index contributed by atoms with van der Waals surface area (Å²) in [6, 6.07) is 1.55. The zero-order valence-electron chi connectivity index (χ0n) is 11.2. The smallest absolute Gasteiger partial charge is 0.222 e. The molecule has 0 aliphatic carbocycles. The number of likely N-dealkylation sites (N-methyl/N-ethyl adjacent to an activating group) is 2. The van der Waals surface area contributed by atoms with Crippen molar-refractivity contribution in [3.63, 3.8) is 0 Å². The monoisotopic (exact) mass is 358 g/mol. The minimum absolute atomic E-state index is 0. The zero-order chi connectivity index (χ0) is 14.4. The Bertz CT molecular complexity index is 466. The summed E-state index contributed by atoms with van der Waals surface area (Å²) in [6.45, 7) is 1.34. The Balaban J connectivity index is 0.00000361. The molecule has 1 N–H and O–H groups in total. The van der Waals surface area contributed by atoms with Gasteiger partial charge in [-0.3, -0.25) is 9.59 Å². The lowest BCUT2D eigenvalue weighted by atomic mass is 10.1. The number of carbonyl (C=O) groups excluding carboxylic acids is 2. The summed E-state index contributed by atoms with van der Waals surface area (Å²) in [5.41, 5.74) is 0.405. The third-order valence-corrected chi connectivity index (χ3v) is 4.13. The molecule has 0 bridgehead atoms.